The SMILES string of the molecule is O=C(NCC1CC(O)C1)C1CCCC1. The van der Waals surface area contributed by atoms with Gasteiger partial charge in [0.15, 0.2) is 0 Å². The summed E-state index contributed by atoms with van der Waals surface area (Å²) in [6.45, 7) is 0.770. The molecule has 0 radical (unpaired) electrons. The van der Waals surface area contributed by atoms with Gasteiger partial charge < -0.3 is 10.4 Å². The lowest BCUT2D eigenvalue weighted by Crippen LogP contribution is -2.40. The largest absolute Gasteiger partial charge is 0.393 e. The van der Waals surface area contributed by atoms with Gasteiger partial charge in [-0.05, 0) is 31.6 Å². The van der Waals surface area contributed by atoms with Crippen molar-refractivity contribution in [2.24, 2.45) is 11.8 Å². The van der Waals surface area contributed by atoms with Crippen molar-refractivity contribution < 1.29 is 9.90 Å². The summed E-state index contributed by atoms with van der Waals surface area (Å²) in [5, 5.41) is 12.1. The van der Waals surface area contributed by atoms with Gasteiger partial charge in [0.25, 0.3) is 0 Å². The fraction of sp³-hybridized carbons (Fsp3) is 0.909. The van der Waals surface area contributed by atoms with Crippen LogP contribution in [0.25, 0.3) is 0 Å². The van der Waals surface area contributed by atoms with Gasteiger partial charge in [-0.15, -0.1) is 0 Å². The summed E-state index contributed by atoms with van der Waals surface area (Å²) in [5.41, 5.74) is 0. The summed E-state index contributed by atoms with van der Waals surface area (Å²) >= 11 is 0. The number of aliphatic hydroxyl groups excluding tert-OH is 1. The first kappa shape index (κ1) is 9.97. The first-order valence-electron chi connectivity index (χ1n) is 5.71. The lowest BCUT2D eigenvalue weighted by atomic mass is 9.82. The Morgan fingerprint density at radius 1 is 1.29 bits per heavy atom. The topological polar surface area (TPSA) is 49.3 Å². The Labute approximate surface area is 84.9 Å². The molecule has 2 saturated carbocycles. The lowest BCUT2D eigenvalue weighted by molar-refractivity contribution is -0.125. The van der Waals surface area contributed by atoms with Crippen LogP contribution in [0.2, 0.25) is 0 Å². The zero-order chi connectivity index (χ0) is 9.97. The summed E-state index contributed by atoms with van der Waals surface area (Å²) in [7, 11) is 0. The van der Waals surface area contributed by atoms with E-state index in [1.54, 1.807) is 0 Å². The van der Waals surface area contributed by atoms with E-state index in [0.29, 0.717) is 5.92 Å². The Morgan fingerprint density at radius 2 is 1.93 bits per heavy atom. The number of rotatable bonds is 3. The molecule has 2 rings (SSSR count). The normalized spacial score (nSPS) is 32.6. The van der Waals surface area contributed by atoms with Crippen LogP contribution in [-0.4, -0.2) is 23.7 Å². The quantitative estimate of drug-likeness (QED) is 0.711. The predicted molar refractivity (Wildman–Crippen MR) is 53.7 cm³/mol. The molecule has 3 nitrogen and oxygen atoms in total. The minimum atomic E-state index is -0.108. The van der Waals surface area contributed by atoms with Gasteiger partial charge >= 0.3 is 0 Å². The first-order chi connectivity index (χ1) is 6.75. The molecule has 80 valence electrons. The molecule has 1 amide bonds. The Morgan fingerprint density at radius 3 is 2.50 bits per heavy atom. The van der Waals surface area contributed by atoms with Crippen LogP contribution in [0.15, 0.2) is 0 Å². The summed E-state index contributed by atoms with van der Waals surface area (Å²) in [5.74, 6) is 1.04. The molecule has 0 aliphatic heterocycles. The van der Waals surface area contributed by atoms with E-state index in [-0.39, 0.29) is 17.9 Å². The molecular weight excluding hydrogens is 178 g/mol. The third-order valence-electron chi connectivity index (χ3n) is 3.50. The van der Waals surface area contributed by atoms with Gasteiger partial charge in [-0.25, -0.2) is 0 Å². The number of amides is 1. The third-order valence-corrected chi connectivity index (χ3v) is 3.50. The smallest absolute Gasteiger partial charge is 0.223 e. The summed E-state index contributed by atoms with van der Waals surface area (Å²) < 4.78 is 0. The zero-order valence-corrected chi connectivity index (χ0v) is 8.54. The van der Waals surface area contributed by atoms with E-state index in [0.717, 1.165) is 32.2 Å². The second-order valence-corrected chi connectivity index (χ2v) is 4.72. The van der Waals surface area contributed by atoms with E-state index >= 15 is 0 Å². The van der Waals surface area contributed by atoms with Crippen LogP contribution in [0.3, 0.4) is 0 Å². The van der Waals surface area contributed by atoms with E-state index in [2.05, 4.69) is 5.32 Å². The molecule has 0 aromatic carbocycles. The van der Waals surface area contributed by atoms with Crippen LogP contribution in [-0.2, 0) is 4.79 Å². The Kier molecular flexibility index (Phi) is 3.06. The summed E-state index contributed by atoms with van der Waals surface area (Å²) in [4.78, 5) is 11.6. The van der Waals surface area contributed by atoms with Gasteiger partial charge in [-0.2, -0.15) is 0 Å². The van der Waals surface area contributed by atoms with Crippen LogP contribution in [0, 0.1) is 11.8 Å². The molecule has 2 N–H and O–H groups in total. The molecule has 14 heavy (non-hydrogen) atoms. The molecule has 2 fully saturated rings. The Hall–Kier alpha value is -0.570. The first-order valence-corrected chi connectivity index (χ1v) is 5.71. The van der Waals surface area contributed by atoms with Gasteiger partial charge in [-0.1, -0.05) is 12.8 Å². The highest BCUT2D eigenvalue weighted by atomic mass is 16.3. The molecular formula is C11H19NO2. The van der Waals surface area contributed by atoms with Gasteiger partial charge in [0.2, 0.25) is 5.91 Å². The number of hydrogen-bond acceptors (Lipinski definition) is 2. The number of carbonyl (C=O) groups is 1. The van der Waals surface area contributed by atoms with E-state index in [4.69, 9.17) is 5.11 Å². The van der Waals surface area contributed by atoms with E-state index in [9.17, 15) is 4.79 Å². The fourth-order valence-electron chi connectivity index (χ4n) is 2.44. The van der Waals surface area contributed by atoms with Crippen molar-refractivity contribution in [2.45, 2.75) is 44.6 Å². The molecule has 2 aliphatic rings. The standard InChI is InChI=1S/C11H19NO2/c13-10-5-8(6-10)7-12-11(14)9-3-1-2-4-9/h8-10,13H,1-7H2,(H,12,14). The van der Waals surface area contributed by atoms with Crippen molar-refractivity contribution in [1.29, 1.82) is 0 Å². The second-order valence-electron chi connectivity index (χ2n) is 4.72. The van der Waals surface area contributed by atoms with Crippen LogP contribution in [0.1, 0.15) is 38.5 Å². The van der Waals surface area contributed by atoms with Gasteiger partial charge in [0.1, 0.15) is 0 Å². The van der Waals surface area contributed by atoms with Crippen molar-refractivity contribution >= 4 is 5.91 Å². The third kappa shape index (κ3) is 2.27. The van der Waals surface area contributed by atoms with E-state index in [1.807, 2.05) is 0 Å². The van der Waals surface area contributed by atoms with E-state index in [1.165, 1.54) is 12.8 Å². The molecule has 0 aromatic rings. The molecule has 0 aromatic heterocycles. The number of carbonyl (C=O) groups excluding carboxylic acids is 1. The van der Waals surface area contributed by atoms with Gasteiger partial charge in [0, 0.05) is 12.5 Å². The molecule has 0 atom stereocenters. The summed E-state index contributed by atoms with van der Waals surface area (Å²) in [6, 6.07) is 0. The minimum absolute atomic E-state index is 0.108. The molecule has 0 bridgehead atoms. The predicted octanol–water partition coefficient (Wildman–Crippen LogP) is 1.06. The van der Waals surface area contributed by atoms with Crippen LogP contribution < -0.4 is 5.32 Å². The summed E-state index contributed by atoms with van der Waals surface area (Å²) in [6.07, 6.45) is 6.18. The number of hydrogen-bond donors (Lipinski definition) is 2. The molecule has 0 saturated heterocycles. The van der Waals surface area contributed by atoms with Crippen molar-refractivity contribution in [2.75, 3.05) is 6.54 Å². The lowest BCUT2D eigenvalue weighted by Gasteiger charge is -2.31. The minimum Gasteiger partial charge on any atom is -0.393 e. The second kappa shape index (κ2) is 4.30. The van der Waals surface area contributed by atoms with Gasteiger partial charge in [0.05, 0.1) is 6.10 Å². The van der Waals surface area contributed by atoms with Crippen molar-refractivity contribution in [3.05, 3.63) is 0 Å². The maximum Gasteiger partial charge on any atom is 0.223 e. The zero-order valence-electron chi connectivity index (χ0n) is 8.54. The monoisotopic (exact) mass is 197 g/mol. The number of nitrogens with one attached hydrogen (secondary N) is 1. The van der Waals surface area contributed by atoms with E-state index < -0.39 is 0 Å². The number of aliphatic hydroxyl groups is 1. The average molecular weight is 197 g/mol. The highest BCUT2D eigenvalue weighted by Gasteiger charge is 2.28. The highest BCUT2D eigenvalue weighted by molar-refractivity contribution is 5.78. The van der Waals surface area contributed by atoms with Crippen molar-refractivity contribution in [3.63, 3.8) is 0 Å². The highest BCUT2D eigenvalue weighted by Crippen LogP contribution is 2.27. The maximum absolute atomic E-state index is 11.6. The average Bonchev–Trinajstić information content (AvgIpc) is 2.62. The Bertz CT molecular complexity index is 205. The van der Waals surface area contributed by atoms with Gasteiger partial charge in [-0.3, -0.25) is 4.79 Å². The maximum atomic E-state index is 11.6. The van der Waals surface area contributed by atoms with Crippen molar-refractivity contribution in [1.82, 2.24) is 5.32 Å². The van der Waals surface area contributed by atoms with Crippen molar-refractivity contribution in [3.8, 4) is 0 Å². The molecule has 0 spiro atoms. The Balaban J connectivity index is 1.62. The molecule has 0 unspecified atom stereocenters. The van der Waals surface area contributed by atoms with Crippen LogP contribution in [0.5, 0.6) is 0 Å². The molecule has 3 heteroatoms. The van der Waals surface area contributed by atoms with Crippen LogP contribution >= 0.6 is 0 Å². The molecule has 0 heterocycles. The van der Waals surface area contributed by atoms with Crippen LogP contribution in [0.4, 0.5) is 0 Å². The molecule has 2 aliphatic carbocycles. The fourth-order valence-corrected chi connectivity index (χ4v) is 2.44.